The summed E-state index contributed by atoms with van der Waals surface area (Å²) in [5, 5.41) is 4.01. The summed E-state index contributed by atoms with van der Waals surface area (Å²) in [5.74, 6) is 1.38. The predicted octanol–water partition coefficient (Wildman–Crippen LogP) is 4.14. The third-order valence-electron chi connectivity index (χ3n) is 4.80. The Morgan fingerprint density at radius 3 is 2.48 bits per heavy atom. The molecule has 0 radical (unpaired) electrons. The molecule has 0 spiro atoms. The summed E-state index contributed by atoms with van der Waals surface area (Å²) < 4.78 is 11.1. The molecule has 1 amide bonds. The van der Waals surface area contributed by atoms with Gasteiger partial charge >= 0.3 is 0 Å². The molecule has 1 aromatic heterocycles. The van der Waals surface area contributed by atoms with Crippen molar-refractivity contribution in [3.8, 4) is 5.75 Å². The number of rotatable bonds is 5. The van der Waals surface area contributed by atoms with Gasteiger partial charge in [0.25, 0.3) is 5.91 Å². The van der Waals surface area contributed by atoms with E-state index >= 15 is 0 Å². The zero-order valence-corrected chi connectivity index (χ0v) is 15.1. The molecule has 1 aliphatic rings. The molecule has 134 valence electrons. The van der Waals surface area contributed by atoms with Crippen LogP contribution >= 0.6 is 0 Å². The third kappa shape index (κ3) is 4.21. The van der Waals surface area contributed by atoms with Gasteiger partial charge in [0.2, 0.25) is 0 Å². The SMILES string of the molecule is CCc1ccc(OCc2c(C(=O)N3CCCCCC3)noc2C)cc1. The number of ether oxygens (including phenoxy) is 1. The molecule has 0 aliphatic carbocycles. The molecule has 25 heavy (non-hydrogen) atoms. The molecule has 0 bridgehead atoms. The van der Waals surface area contributed by atoms with Crippen LogP contribution in [0.15, 0.2) is 28.8 Å². The van der Waals surface area contributed by atoms with Crippen LogP contribution in [0.2, 0.25) is 0 Å². The smallest absolute Gasteiger partial charge is 0.276 e. The lowest BCUT2D eigenvalue weighted by molar-refractivity contribution is 0.0749. The van der Waals surface area contributed by atoms with E-state index in [2.05, 4.69) is 24.2 Å². The van der Waals surface area contributed by atoms with Crippen LogP contribution in [0.1, 0.15) is 60.0 Å². The molecule has 1 saturated heterocycles. The van der Waals surface area contributed by atoms with E-state index in [0.717, 1.165) is 43.7 Å². The second-order valence-corrected chi connectivity index (χ2v) is 6.56. The Kier molecular flexibility index (Phi) is 5.74. The Labute approximate surface area is 148 Å². The molecule has 5 heteroatoms. The van der Waals surface area contributed by atoms with Crippen molar-refractivity contribution in [3.05, 3.63) is 46.8 Å². The number of amides is 1. The number of benzene rings is 1. The quantitative estimate of drug-likeness (QED) is 0.819. The monoisotopic (exact) mass is 342 g/mol. The first-order valence-electron chi connectivity index (χ1n) is 9.15. The lowest BCUT2D eigenvalue weighted by Gasteiger charge is -2.19. The highest BCUT2D eigenvalue weighted by atomic mass is 16.5. The number of likely N-dealkylation sites (tertiary alicyclic amines) is 1. The van der Waals surface area contributed by atoms with Gasteiger partial charge in [-0.15, -0.1) is 0 Å². The Hall–Kier alpha value is -2.30. The van der Waals surface area contributed by atoms with Gasteiger partial charge in [-0.3, -0.25) is 4.79 Å². The average Bonchev–Trinajstić information content (AvgIpc) is 2.84. The number of hydrogen-bond acceptors (Lipinski definition) is 4. The maximum Gasteiger partial charge on any atom is 0.276 e. The first kappa shape index (κ1) is 17.5. The van der Waals surface area contributed by atoms with Crippen molar-refractivity contribution in [3.63, 3.8) is 0 Å². The standard InChI is InChI=1S/C20H26N2O3/c1-3-16-8-10-17(11-9-16)24-14-18-15(2)25-21-19(18)20(23)22-12-6-4-5-7-13-22/h8-11H,3-7,12-14H2,1-2H3. The van der Waals surface area contributed by atoms with E-state index in [1.165, 1.54) is 18.4 Å². The minimum absolute atomic E-state index is 0.0429. The number of hydrogen-bond donors (Lipinski definition) is 0. The van der Waals surface area contributed by atoms with Gasteiger partial charge in [-0.25, -0.2) is 0 Å². The number of carbonyl (C=O) groups is 1. The summed E-state index contributed by atoms with van der Waals surface area (Å²) in [6, 6.07) is 8.02. The van der Waals surface area contributed by atoms with Crippen molar-refractivity contribution < 1.29 is 14.1 Å². The van der Waals surface area contributed by atoms with Gasteiger partial charge in [0, 0.05) is 13.1 Å². The van der Waals surface area contributed by atoms with Gasteiger partial charge in [-0.2, -0.15) is 0 Å². The normalized spacial score (nSPS) is 15.0. The highest BCUT2D eigenvalue weighted by molar-refractivity contribution is 5.93. The molecule has 1 fully saturated rings. The number of carbonyl (C=O) groups excluding carboxylic acids is 1. The molecule has 3 rings (SSSR count). The second kappa shape index (κ2) is 8.19. The molecule has 0 N–H and O–H groups in total. The van der Waals surface area contributed by atoms with E-state index in [1.54, 1.807) is 0 Å². The van der Waals surface area contributed by atoms with Crippen molar-refractivity contribution in [1.82, 2.24) is 10.1 Å². The van der Waals surface area contributed by atoms with Gasteiger partial charge in [-0.05, 0) is 43.9 Å². The minimum Gasteiger partial charge on any atom is -0.489 e. The fourth-order valence-electron chi connectivity index (χ4n) is 3.13. The lowest BCUT2D eigenvalue weighted by atomic mass is 10.1. The fraction of sp³-hybridized carbons (Fsp3) is 0.500. The van der Waals surface area contributed by atoms with Crippen LogP contribution in [0, 0.1) is 6.92 Å². The molecule has 2 heterocycles. The topological polar surface area (TPSA) is 55.6 Å². The zero-order chi connectivity index (χ0) is 17.6. The van der Waals surface area contributed by atoms with E-state index in [1.807, 2.05) is 24.0 Å². The maximum absolute atomic E-state index is 12.8. The summed E-state index contributed by atoms with van der Waals surface area (Å²) in [6.07, 6.45) is 5.48. The number of nitrogens with zero attached hydrogens (tertiary/aromatic N) is 2. The van der Waals surface area contributed by atoms with Crippen LogP contribution in [-0.2, 0) is 13.0 Å². The molecule has 0 atom stereocenters. The van der Waals surface area contributed by atoms with Crippen LogP contribution in [0.5, 0.6) is 5.75 Å². The van der Waals surface area contributed by atoms with Gasteiger partial charge in [-0.1, -0.05) is 37.1 Å². The Morgan fingerprint density at radius 1 is 1.16 bits per heavy atom. The summed E-state index contributed by atoms with van der Waals surface area (Å²) >= 11 is 0. The van der Waals surface area contributed by atoms with Gasteiger partial charge < -0.3 is 14.2 Å². The van der Waals surface area contributed by atoms with Gasteiger partial charge in [0.1, 0.15) is 18.1 Å². The van der Waals surface area contributed by atoms with Crippen molar-refractivity contribution in [2.75, 3.05) is 13.1 Å². The molecule has 0 saturated carbocycles. The van der Waals surface area contributed by atoms with E-state index < -0.39 is 0 Å². The van der Waals surface area contributed by atoms with Crippen molar-refractivity contribution >= 4 is 5.91 Å². The third-order valence-corrected chi connectivity index (χ3v) is 4.80. The molecule has 1 aliphatic heterocycles. The second-order valence-electron chi connectivity index (χ2n) is 6.56. The van der Waals surface area contributed by atoms with Crippen molar-refractivity contribution in [1.29, 1.82) is 0 Å². The first-order chi connectivity index (χ1) is 12.2. The molecule has 0 unspecified atom stereocenters. The molecule has 2 aromatic rings. The molecule has 1 aromatic carbocycles. The Balaban J connectivity index is 1.71. The van der Waals surface area contributed by atoms with Crippen LogP contribution in [0.25, 0.3) is 0 Å². The molecule has 5 nitrogen and oxygen atoms in total. The summed E-state index contributed by atoms with van der Waals surface area (Å²) in [7, 11) is 0. The fourth-order valence-corrected chi connectivity index (χ4v) is 3.13. The van der Waals surface area contributed by atoms with E-state index in [9.17, 15) is 4.79 Å². The first-order valence-corrected chi connectivity index (χ1v) is 9.15. The predicted molar refractivity (Wildman–Crippen MR) is 95.8 cm³/mol. The summed E-state index contributed by atoms with van der Waals surface area (Å²) in [5.41, 5.74) is 2.41. The van der Waals surface area contributed by atoms with Gasteiger partial charge in [0.05, 0.1) is 5.56 Å². The largest absolute Gasteiger partial charge is 0.489 e. The average molecular weight is 342 g/mol. The van der Waals surface area contributed by atoms with Crippen molar-refractivity contribution in [2.45, 2.75) is 52.6 Å². The van der Waals surface area contributed by atoms with E-state index in [-0.39, 0.29) is 12.5 Å². The van der Waals surface area contributed by atoms with Crippen molar-refractivity contribution in [2.24, 2.45) is 0 Å². The van der Waals surface area contributed by atoms with E-state index in [0.29, 0.717) is 11.5 Å². The van der Waals surface area contributed by atoms with Crippen LogP contribution in [-0.4, -0.2) is 29.1 Å². The van der Waals surface area contributed by atoms with Crippen LogP contribution in [0.3, 0.4) is 0 Å². The van der Waals surface area contributed by atoms with Gasteiger partial charge in [0.15, 0.2) is 5.69 Å². The summed E-state index contributed by atoms with van der Waals surface area (Å²) in [6.45, 7) is 5.82. The highest BCUT2D eigenvalue weighted by Crippen LogP contribution is 2.21. The summed E-state index contributed by atoms with van der Waals surface area (Å²) in [4.78, 5) is 14.7. The Bertz CT molecular complexity index is 698. The minimum atomic E-state index is -0.0429. The van der Waals surface area contributed by atoms with Crippen LogP contribution < -0.4 is 4.74 Å². The highest BCUT2D eigenvalue weighted by Gasteiger charge is 2.25. The molecular formula is C20H26N2O3. The number of aromatic nitrogens is 1. The zero-order valence-electron chi connectivity index (χ0n) is 15.1. The molecular weight excluding hydrogens is 316 g/mol. The lowest BCUT2D eigenvalue weighted by Crippen LogP contribution is -2.32. The Morgan fingerprint density at radius 2 is 1.84 bits per heavy atom. The van der Waals surface area contributed by atoms with E-state index in [4.69, 9.17) is 9.26 Å². The number of aryl methyl sites for hydroxylation is 2. The maximum atomic E-state index is 12.8. The van der Waals surface area contributed by atoms with Crippen LogP contribution in [0.4, 0.5) is 0 Å².